The van der Waals surface area contributed by atoms with E-state index in [-0.39, 0.29) is 11.5 Å². The van der Waals surface area contributed by atoms with Crippen molar-refractivity contribution in [2.75, 3.05) is 0 Å². The third-order valence-electron chi connectivity index (χ3n) is 4.94. The highest BCUT2D eigenvalue weighted by Gasteiger charge is 2.33. The number of nitrogens with zero attached hydrogens (tertiary/aromatic N) is 1. The van der Waals surface area contributed by atoms with Crippen molar-refractivity contribution < 1.29 is 5.11 Å². The number of hydrogen-bond acceptors (Lipinski definition) is 1. The topological polar surface area (TPSA) is 25.2 Å². The largest absolute Gasteiger partial charge is 0.388 e. The molecule has 0 spiro atoms. The molecule has 1 aromatic heterocycles. The molecule has 0 fully saturated rings. The standard InChI is InChI=1S/C19H33NO/c1-5-6-7-8-9-10-11-20-15(2)12-16-17(20)13-19(3,4)14-18(16)21/h12,18,21H,5-11,13-14H2,1-4H3. The maximum atomic E-state index is 10.4. The van der Waals surface area contributed by atoms with Crippen LogP contribution in [0.3, 0.4) is 0 Å². The van der Waals surface area contributed by atoms with Gasteiger partial charge in [-0.1, -0.05) is 52.9 Å². The molecule has 0 bridgehead atoms. The molecule has 1 aromatic rings. The lowest BCUT2D eigenvalue weighted by atomic mass is 9.75. The first-order valence-corrected chi connectivity index (χ1v) is 8.81. The average Bonchev–Trinajstić information content (AvgIpc) is 2.69. The molecule has 0 saturated heterocycles. The van der Waals surface area contributed by atoms with E-state index in [4.69, 9.17) is 0 Å². The van der Waals surface area contributed by atoms with E-state index >= 15 is 0 Å². The Balaban J connectivity index is 1.98. The molecule has 0 saturated carbocycles. The molecular weight excluding hydrogens is 258 g/mol. The first kappa shape index (κ1) is 16.6. The molecule has 1 N–H and O–H groups in total. The molecule has 1 heterocycles. The Labute approximate surface area is 130 Å². The van der Waals surface area contributed by atoms with Gasteiger partial charge in [0.15, 0.2) is 0 Å². The fraction of sp³-hybridized carbons (Fsp3) is 0.789. The minimum Gasteiger partial charge on any atom is -0.388 e. The van der Waals surface area contributed by atoms with Gasteiger partial charge in [-0.25, -0.2) is 0 Å². The predicted molar refractivity (Wildman–Crippen MR) is 89.6 cm³/mol. The SMILES string of the molecule is CCCCCCCCn1c(C)cc2c1CC(C)(C)CC2O. The molecule has 2 rings (SSSR count). The van der Waals surface area contributed by atoms with E-state index in [2.05, 4.69) is 38.3 Å². The number of fused-ring (bicyclic) bond motifs is 1. The van der Waals surface area contributed by atoms with Crippen LogP contribution in [0, 0.1) is 12.3 Å². The summed E-state index contributed by atoms with van der Waals surface area (Å²) in [6.07, 6.45) is 9.75. The summed E-state index contributed by atoms with van der Waals surface area (Å²) in [5, 5.41) is 10.4. The van der Waals surface area contributed by atoms with Crippen LogP contribution in [0.25, 0.3) is 0 Å². The minimum atomic E-state index is -0.270. The lowest BCUT2D eigenvalue weighted by Crippen LogP contribution is -2.27. The summed E-state index contributed by atoms with van der Waals surface area (Å²) in [5.74, 6) is 0. The number of hydrogen-bond donors (Lipinski definition) is 1. The number of unbranched alkanes of at least 4 members (excludes halogenated alkanes) is 5. The van der Waals surface area contributed by atoms with Crippen LogP contribution >= 0.6 is 0 Å². The molecule has 21 heavy (non-hydrogen) atoms. The summed E-state index contributed by atoms with van der Waals surface area (Å²) < 4.78 is 2.47. The number of aryl methyl sites for hydroxylation is 1. The zero-order valence-corrected chi connectivity index (χ0v) is 14.4. The Morgan fingerprint density at radius 3 is 2.57 bits per heavy atom. The molecule has 1 atom stereocenters. The molecule has 1 aliphatic carbocycles. The van der Waals surface area contributed by atoms with Crippen molar-refractivity contribution in [3.05, 3.63) is 23.0 Å². The van der Waals surface area contributed by atoms with Gasteiger partial charge in [-0.2, -0.15) is 0 Å². The first-order chi connectivity index (χ1) is 9.94. The molecule has 1 aliphatic rings. The number of aromatic nitrogens is 1. The van der Waals surface area contributed by atoms with Crippen molar-refractivity contribution in [1.29, 1.82) is 0 Å². The van der Waals surface area contributed by atoms with E-state index in [1.807, 2.05) is 0 Å². The van der Waals surface area contributed by atoms with Crippen LogP contribution in [0.15, 0.2) is 6.07 Å². The fourth-order valence-electron chi connectivity index (χ4n) is 3.76. The van der Waals surface area contributed by atoms with E-state index in [0.717, 1.165) is 19.4 Å². The van der Waals surface area contributed by atoms with Gasteiger partial charge in [0.25, 0.3) is 0 Å². The van der Waals surface area contributed by atoms with Gasteiger partial charge in [-0.3, -0.25) is 0 Å². The van der Waals surface area contributed by atoms with Gasteiger partial charge in [0.2, 0.25) is 0 Å². The van der Waals surface area contributed by atoms with Crippen LogP contribution in [0.4, 0.5) is 0 Å². The first-order valence-electron chi connectivity index (χ1n) is 8.81. The maximum Gasteiger partial charge on any atom is 0.0812 e. The van der Waals surface area contributed by atoms with E-state index in [0.29, 0.717) is 0 Å². The van der Waals surface area contributed by atoms with Gasteiger partial charge in [-0.05, 0) is 37.7 Å². The van der Waals surface area contributed by atoms with Gasteiger partial charge in [-0.15, -0.1) is 0 Å². The van der Waals surface area contributed by atoms with Gasteiger partial charge in [0, 0.05) is 23.5 Å². The summed E-state index contributed by atoms with van der Waals surface area (Å²) in [6.45, 7) is 10.1. The third-order valence-corrected chi connectivity index (χ3v) is 4.94. The molecule has 0 amide bonds. The molecule has 2 heteroatoms. The van der Waals surface area contributed by atoms with E-state index in [9.17, 15) is 5.11 Å². The monoisotopic (exact) mass is 291 g/mol. The van der Waals surface area contributed by atoms with Crippen LogP contribution in [-0.4, -0.2) is 9.67 Å². The van der Waals surface area contributed by atoms with E-state index in [1.165, 1.54) is 55.5 Å². The van der Waals surface area contributed by atoms with Crippen LogP contribution in [0.1, 0.15) is 88.8 Å². The summed E-state index contributed by atoms with van der Waals surface area (Å²) in [4.78, 5) is 0. The molecule has 2 nitrogen and oxygen atoms in total. The molecule has 0 radical (unpaired) electrons. The Kier molecular flexibility index (Phi) is 5.54. The fourth-order valence-corrected chi connectivity index (χ4v) is 3.76. The van der Waals surface area contributed by atoms with Gasteiger partial charge in [0.1, 0.15) is 0 Å². The highest BCUT2D eigenvalue weighted by atomic mass is 16.3. The Morgan fingerprint density at radius 1 is 1.19 bits per heavy atom. The van der Waals surface area contributed by atoms with Gasteiger partial charge < -0.3 is 9.67 Å². The van der Waals surface area contributed by atoms with Crippen LogP contribution in [0.5, 0.6) is 0 Å². The number of rotatable bonds is 7. The Morgan fingerprint density at radius 2 is 1.86 bits per heavy atom. The summed E-state index contributed by atoms with van der Waals surface area (Å²) in [6, 6.07) is 2.21. The average molecular weight is 291 g/mol. The van der Waals surface area contributed by atoms with Crippen molar-refractivity contribution >= 4 is 0 Å². The predicted octanol–water partition coefficient (Wildman–Crippen LogP) is 5.16. The molecule has 120 valence electrons. The van der Waals surface area contributed by atoms with Gasteiger partial charge >= 0.3 is 0 Å². The number of aliphatic hydroxyl groups is 1. The smallest absolute Gasteiger partial charge is 0.0812 e. The van der Waals surface area contributed by atoms with Gasteiger partial charge in [0.05, 0.1) is 6.10 Å². The third kappa shape index (κ3) is 4.12. The normalized spacial score (nSPS) is 20.5. The van der Waals surface area contributed by atoms with Crippen LogP contribution in [-0.2, 0) is 13.0 Å². The van der Waals surface area contributed by atoms with Crippen molar-refractivity contribution in [3.8, 4) is 0 Å². The molecule has 1 unspecified atom stereocenters. The number of aliphatic hydroxyl groups excluding tert-OH is 1. The summed E-state index contributed by atoms with van der Waals surface area (Å²) in [7, 11) is 0. The Hall–Kier alpha value is -0.760. The molecule has 0 aromatic carbocycles. The summed E-state index contributed by atoms with van der Waals surface area (Å²) >= 11 is 0. The lowest BCUT2D eigenvalue weighted by Gasteiger charge is -2.34. The molecule has 0 aliphatic heterocycles. The minimum absolute atomic E-state index is 0.218. The van der Waals surface area contributed by atoms with Crippen LogP contribution < -0.4 is 0 Å². The van der Waals surface area contributed by atoms with E-state index < -0.39 is 0 Å². The zero-order chi connectivity index (χ0) is 15.5. The van der Waals surface area contributed by atoms with E-state index in [1.54, 1.807) is 0 Å². The molecular formula is C19H33NO. The zero-order valence-electron chi connectivity index (χ0n) is 14.4. The van der Waals surface area contributed by atoms with Crippen molar-refractivity contribution in [3.63, 3.8) is 0 Å². The Bertz CT molecular complexity index is 458. The highest BCUT2D eigenvalue weighted by molar-refractivity contribution is 5.33. The second-order valence-electron chi connectivity index (χ2n) is 7.67. The van der Waals surface area contributed by atoms with Crippen molar-refractivity contribution in [2.24, 2.45) is 5.41 Å². The summed E-state index contributed by atoms with van der Waals surface area (Å²) in [5.41, 5.74) is 4.13. The second-order valence-corrected chi connectivity index (χ2v) is 7.67. The van der Waals surface area contributed by atoms with Crippen LogP contribution in [0.2, 0.25) is 0 Å². The van der Waals surface area contributed by atoms with Crippen molar-refractivity contribution in [2.45, 2.75) is 91.7 Å². The second kappa shape index (κ2) is 7.00. The maximum absolute atomic E-state index is 10.4. The highest BCUT2D eigenvalue weighted by Crippen LogP contribution is 2.42. The lowest BCUT2D eigenvalue weighted by molar-refractivity contribution is 0.0979. The van der Waals surface area contributed by atoms with Crippen molar-refractivity contribution in [1.82, 2.24) is 4.57 Å². The quantitative estimate of drug-likeness (QED) is 0.689.